The molecular formula is C80H111N3O34. The Hall–Kier alpha value is -6.19. The number of benzene rings is 2. The number of carboxylic acid groups (broad SMARTS) is 1. The number of hydrogen-bond donors (Lipinski definition) is 9. The van der Waals surface area contributed by atoms with Crippen molar-refractivity contribution in [3.05, 3.63) is 78.1 Å². The number of phenolic OH excluding ortho intramolecular Hbond substituents is 2. The van der Waals surface area contributed by atoms with Crippen LogP contribution in [-0.2, 0) is 112 Å². The van der Waals surface area contributed by atoms with Gasteiger partial charge in [0.1, 0.15) is 82.9 Å². The van der Waals surface area contributed by atoms with Crippen LogP contribution in [0.2, 0.25) is 0 Å². The number of carbonyl (C=O) groups is 5. The zero-order chi connectivity index (χ0) is 85.0. The third kappa shape index (κ3) is 17.0. The first-order chi connectivity index (χ1) is 55.0. The Morgan fingerprint density at radius 1 is 0.564 bits per heavy atom. The SMILES string of the molecule is COC(=O)C1c2cc3c(c(O)c2C(OC2CC(O)C(OC4CC(O)C(OC5CC(C)(N=O)C(OC6CC(OC)C(OC(=O)C(C)=CC(=O)O)C(C)O6)C(C)O5)C(C)O4)C(C)O2)CC1(C)O)C(=O)c1c(O)cc2c(c1C3=O)CC1CC(N(C)C)C(OC3CC(O)C(OC4CC(C)(N=O)C(OC5CC(O)C(O)C(C)O5)C(C)O4)C(C)O3)C2(C)O1. The Morgan fingerprint density at radius 3 is 1.52 bits per heavy atom. The molecule has 2 aliphatic carbocycles. The van der Waals surface area contributed by atoms with Crippen molar-refractivity contribution in [1.29, 1.82) is 0 Å². The highest BCUT2D eigenvalue weighted by Crippen LogP contribution is 2.57. The van der Waals surface area contributed by atoms with E-state index in [0.717, 1.165) is 13.2 Å². The molecule has 9 aliphatic heterocycles. The van der Waals surface area contributed by atoms with Crippen LogP contribution in [0.15, 0.2) is 34.1 Å². The second-order valence-electron chi connectivity index (χ2n) is 34.4. The number of phenols is 2. The molecule has 117 heavy (non-hydrogen) atoms. The lowest BCUT2D eigenvalue weighted by Gasteiger charge is -2.55. The van der Waals surface area contributed by atoms with Crippen LogP contribution in [0.1, 0.15) is 207 Å². The number of aliphatic carboxylic acids is 1. The third-order valence-electron chi connectivity index (χ3n) is 25.4. The number of carbonyl (C=O) groups excluding carboxylic acids is 4. The molecule has 0 radical (unpaired) electrons. The second kappa shape index (κ2) is 34.3. The van der Waals surface area contributed by atoms with Gasteiger partial charge in [-0.2, -0.15) is 9.81 Å². The molecule has 2 bridgehead atoms. The third-order valence-corrected chi connectivity index (χ3v) is 25.4. The lowest BCUT2D eigenvalue weighted by atomic mass is 9.66. The van der Waals surface area contributed by atoms with Gasteiger partial charge in [0.05, 0.1) is 103 Å². The molecule has 8 fully saturated rings. The van der Waals surface area contributed by atoms with Crippen molar-refractivity contribution < 1.29 is 155 Å². The zero-order valence-corrected chi connectivity index (χ0v) is 68.3. The number of nitroso groups, excluding NO2 is 2. The number of aliphatic hydroxyl groups excluding tert-OH is 5. The number of fused-ring (bicyclic) bond motifs is 8. The summed E-state index contributed by atoms with van der Waals surface area (Å²) in [6, 6.07) is 2.17. The minimum absolute atomic E-state index is 0.0382. The van der Waals surface area contributed by atoms with Gasteiger partial charge in [-0.05, 0) is 139 Å². The lowest BCUT2D eigenvalue weighted by molar-refractivity contribution is -0.342. The molecule has 0 spiro atoms. The van der Waals surface area contributed by atoms with Crippen LogP contribution in [0.25, 0.3) is 0 Å². The Bertz CT molecular complexity index is 4040. The maximum Gasteiger partial charge on any atom is 0.334 e. The van der Waals surface area contributed by atoms with Crippen molar-refractivity contribution in [2.45, 2.75) is 360 Å². The minimum Gasteiger partial charge on any atom is -0.507 e. The van der Waals surface area contributed by atoms with Gasteiger partial charge in [0.25, 0.3) is 0 Å². The van der Waals surface area contributed by atoms with E-state index in [1.54, 1.807) is 69.2 Å². The van der Waals surface area contributed by atoms with E-state index < -0.39 is 271 Å². The maximum absolute atomic E-state index is 15.7. The highest BCUT2D eigenvalue weighted by molar-refractivity contribution is 6.31. The molecule has 37 heteroatoms. The number of likely N-dealkylation sites (N-methyl/N-ethyl adjacent to an activating group) is 1. The van der Waals surface area contributed by atoms with Crippen molar-refractivity contribution >= 4 is 29.5 Å². The Balaban J connectivity index is 0.667. The smallest absolute Gasteiger partial charge is 0.334 e. The minimum atomic E-state index is -2.04. The van der Waals surface area contributed by atoms with E-state index >= 15 is 9.59 Å². The average molecular weight is 1660 g/mol. The number of hydrogen-bond acceptors (Lipinski definition) is 36. The Morgan fingerprint density at radius 2 is 1.03 bits per heavy atom. The van der Waals surface area contributed by atoms with Gasteiger partial charge < -0.3 is 136 Å². The lowest BCUT2D eigenvalue weighted by Crippen LogP contribution is -2.63. The number of methoxy groups -OCH3 is 2. The summed E-state index contributed by atoms with van der Waals surface area (Å²) in [5.74, 6) is -7.94. The molecule has 9 N–H and O–H groups in total. The van der Waals surface area contributed by atoms with Gasteiger partial charge >= 0.3 is 17.9 Å². The molecule has 650 valence electrons. The van der Waals surface area contributed by atoms with E-state index in [-0.39, 0.29) is 79.2 Å². The van der Waals surface area contributed by atoms with Crippen molar-refractivity contribution in [1.82, 2.24) is 4.90 Å². The van der Waals surface area contributed by atoms with Gasteiger partial charge in [-0.15, -0.1) is 0 Å². The molecule has 0 saturated carbocycles. The topological polar surface area (TPSA) is 496 Å². The van der Waals surface area contributed by atoms with Crippen LogP contribution in [0.5, 0.6) is 11.5 Å². The number of aromatic hydroxyl groups is 2. The highest BCUT2D eigenvalue weighted by Gasteiger charge is 2.61. The molecule has 35 unspecified atom stereocenters. The summed E-state index contributed by atoms with van der Waals surface area (Å²) in [5, 5.41) is 110. The molecule has 8 saturated heterocycles. The van der Waals surface area contributed by atoms with Gasteiger partial charge in [0.15, 0.2) is 55.9 Å². The molecule has 9 heterocycles. The molecule has 2 aromatic rings. The van der Waals surface area contributed by atoms with Crippen LogP contribution in [0.3, 0.4) is 0 Å². The summed E-state index contributed by atoms with van der Waals surface area (Å²) in [6.45, 7) is 19.0. The number of esters is 2. The summed E-state index contributed by atoms with van der Waals surface area (Å²) in [7, 11) is 6.21. The normalized spacial score (nSPS) is 44.1. The van der Waals surface area contributed by atoms with Gasteiger partial charge in [0, 0.05) is 92.9 Å². The number of carboxylic acids is 1. The molecule has 13 rings (SSSR count). The van der Waals surface area contributed by atoms with E-state index in [1.165, 1.54) is 33.1 Å². The van der Waals surface area contributed by atoms with Crippen molar-refractivity contribution in [2.75, 3.05) is 28.3 Å². The summed E-state index contributed by atoms with van der Waals surface area (Å²) in [4.78, 5) is 96.4. The van der Waals surface area contributed by atoms with Gasteiger partial charge in [-0.3, -0.25) is 14.4 Å². The summed E-state index contributed by atoms with van der Waals surface area (Å²) >= 11 is 0. The average Bonchev–Trinajstić information content (AvgIpc) is 0.693. The highest BCUT2D eigenvalue weighted by atomic mass is 16.8. The number of ketones is 2. The molecule has 35 atom stereocenters. The zero-order valence-electron chi connectivity index (χ0n) is 68.3. The fourth-order valence-electron chi connectivity index (χ4n) is 19.5. The molecular weight excluding hydrogens is 1550 g/mol. The Kier molecular flexibility index (Phi) is 25.9. The molecule has 11 aliphatic rings. The first-order valence-electron chi connectivity index (χ1n) is 40.0. The van der Waals surface area contributed by atoms with Gasteiger partial charge in [-0.1, -0.05) is 10.4 Å². The first kappa shape index (κ1) is 88.6. The second-order valence-corrected chi connectivity index (χ2v) is 34.4. The van der Waals surface area contributed by atoms with Crippen LogP contribution in [0, 0.1) is 9.81 Å². The van der Waals surface area contributed by atoms with Crippen LogP contribution in [0.4, 0.5) is 0 Å². The van der Waals surface area contributed by atoms with Crippen LogP contribution >= 0.6 is 0 Å². The number of nitrogens with zero attached hydrogens (tertiary/aromatic N) is 3. The fraction of sp³-hybridized carbons (Fsp3) is 0.762. The summed E-state index contributed by atoms with van der Waals surface area (Å²) < 4.78 is 112. The summed E-state index contributed by atoms with van der Waals surface area (Å²) in [5.41, 5.74) is -7.76. The van der Waals surface area contributed by atoms with Crippen molar-refractivity contribution in [3.8, 4) is 11.5 Å². The molecule has 0 aromatic heterocycles. The standard InChI is InChI=1S/C80H111N3O34/c1-30(17-51(89)90)75(95)116-71-35(6)106-56(26-49(71)100-15)114-73-37(8)108-58(29-78(73,10)82-99)111-69-33(4)104-53(24-47(69)87)110-68-32(3)103-52(23-46(68)86)109-50-27-79(11,97)63(76(96)101-16)40-20-41-61(66(93)59(40)50)67(94)62-44(84)21-42-39(60(62)65(41)92)18-38-19-43(83(13)14)74(80(42,12)117-38)115-55-25-48(88)70(34(5)105-55)112-57-28-77(9,81-98)72(36(7)107-57)113-54-22-45(85)64(91)31(2)102-54/h17,20-21,31-38,43,45-50,52-58,63-64,68-74,84-88,91,93,97H,18-19,22-29H2,1-16H3,(H,89,90). The Labute approximate surface area is 675 Å². The van der Waals surface area contributed by atoms with E-state index in [1.807, 2.05) is 19.0 Å². The first-order valence-corrected chi connectivity index (χ1v) is 40.0. The van der Waals surface area contributed by atoms with Gasteiger partial charge in [-0.25, -0.2) is 9.59 Å². The van der Waals surface area contributed by atoms with Gasteiger partial charge in [0.2, 0.25) is 5.78 Å². The monoisotopic (exact) mass is 1660 g/mol. The predicted molar refractivity (Wildman–Crippen MR) is 397 cm³/mol. The van der Waals surface area contributed by atoms with Crippen molar-refractivity contribution in [2.24, 2.45) is 10.4 Å². The number of aliphatic hydroxyl groups is 6. The molecule has 0 amide bonds. The van der Waals surface area contributed by atoms with Crippen molar-refractivity contribution in [3.63, 3.8) is 0 Å². The summed E-state index contributed by atoms with van der Waals surface area (Å²) in [6.07, 6.45) is -29.8. The molecule has 37 nitrogen and oxygen atoms in total. The van der Waals surface area contributed by atoms with E-state index in [2.05, 4.69) is 10.4 Å². The van der Waals surface area contributed by atoms with Crippen LogP contribution in [-0.4, -0.2) is 304 Å². The fourth-order valence-corrected chi connectivity index (χ4v) is 19.5. The van der Waals surface area contributed by atoms with E-state index in [4.69, 9.17) is 90.4 Å². The number of rotatable bonds is 22. The maximum atomic E-state index is 15.7. The van der Waals surface area contributed by atoms with E-state index in [0.29, 0.717) is 17.5 Å². The largest absolute Gasteiger partial charge is 0.507 e. The quantitative estimate of drug-likeness (QED) is 0.0391. The molecule has 2 aromatic carbocycles. The number of ether oxygens (including phenoxy) is 18. The van der Waals surface area contributed by atoms with Crippen LogP contribution < -0.4 is 0 Å². The predicted octanol–water partition coefficient (Wildman–Crippen LogP) is 3.90. The van der Waals surface area contributed by atoms with E-state index in [9.17, 15) is 65.0 Å².